The molecule has 2 N–H and O–H groups in total. The monoisotopic (exact) mass is 358 g/mol. The summed E-state index contributed by atoms with van der Waals surface area (Å²) in [7, 11) is 1.70. The van der Waals surface area contributed by atoms with E-state index in [0.717, 1.165) is 16.5 Å². The van der Waals surface area contributed by atoms with E-state index in [-0.39, 0.29) is 0 Å². The Kier molecular flexibility index (Phi) is 4.52. The van der Waals surface area contributed by atoms with Crippen LogP contribution in [0.25, 0.3) is 22.1 Å². The summed E-state index contributed by atoms with van der Waals surface area (Å²) in [6, 6.07) is 13.7. The maximum atomic E-state index is 5.90. The number of aromatic nitrogens is 5. The minimum atomic E-state index is 0.452. The topological polar surface area (TPSA) is 107 Å². The summed E-state index contributed by atoms with van der Waals surface area (Å²) in [6.45, 7) is 0.555. The number of nitrogens with zero attached hydrogens (tertiary/aromatic N) is 7. The summed E-state index contributed by atoms with van der Waals surface area (Å²) in [5.41, 5.74) is 9.34. The number of rotatable bonds is 5. The molecule has 0 aliphatic rings. The largest absolute Gasteiger partial charge is 0.387 e. The van der Waals surface area contributed by atoms with E-state index in [2.05, 4.69) is 36.3 Å². The highest BCUT2D eigenvalue weighted by Crippen LogP contribution is 2.18. The number of amidine groups is 1. The Balaban J connectivity index is 1.65. The number of pyridine rings is 2. The standard InChI is InChI=1S/C19H18N8/c1-21-10-8-17(20)23-18-7-6-16-19(24-18)27(26-25-16)12-13-4-5-15-14(11-13)3-2-9-22-15/h2-7,9-11H,8,12H2,1H3,(H2,20,23,24). The highest BCUT2D eigenvalue weighted by Gasteiger charge is 2.08. The number of hydrogen-bond donors (Lipinski definition) is 1. The van der Waals surface area contributed by atoms with Crippen LogP contribution in [-0.2, 0) is 6.54 Å². The van der Waals surface area contributed by atoms with Gasteiger partial charge in [-0.2, -0.15) is 0 Å². The molecule has 0 fully saturated rings. The van der Waals surface area contributed by atoms with E-state index >= 15 is 0 Å². The zero-order chi connectivity index (χ0) is 18.6. The first-order chi connectivity index (χ1) is 13.2. The van der Waals surface area contributed by atoms with Gasteiger partial charge in [-0.15, -0.1) is 5.10 Å². The molecule has 1 aromatic carbocycles. The first-order valence-corrected chi connectivity index (χ1v) is 8.50. The van der Waals surface area contributed by atoms with Gasteiger partial charge in [-0.1, -0.05) is 17.3 Å². The summed E-state index contributed by atoms with van der Waals surface area (Å²) in [4.78, 5) is 17.1. The van der Waals surface area contributed by atoms with E-state index in [1.165, 1.54) is 0 Å². The van der Waals surface area contributed by atoms with Crippen LogP contribution in [0.2, 0.25) is 0 Å². The van der Waals surface area contributed by atoms with Gasteiger partial charge in [0.2, 0.25) is 0 Å². The molecule has 4 aromatic rings. The Hall–Kier alpha value is -3.68. The van der Waals surface area contributed by atoms with E-state index in [1.807, 2.05) is 30.3 Å². The molecule has 8 heteroatoms. The molecule has 8 nitrogen and oxygen atoms in total. The third kappa shape index (κ3) is 3.64. The number of fused-ring (bicyclic) bond motifs is 2. The molecule has 0 aliphatic carbocycles. The smallest absolute Gasteiger partial charge is 0.180 e. The molecule has 0 unspecified atom stereocenters. The molecule has 0 saturated heterocycles. The lowest BCUT2D eigenvalue weighted by Crippen LogP contribution is -2.11. The molecule has 0 aliphatic heterocycles. The van der Waals surface area contributed by atoms with Crippen molar-refractivity contribution in [3.05, 3.63) is 54.2 Å². The van der Waals surface area contributed by atoms with Gasteiger partial charge in [0.25, 0.3) is 0 Å². The maximum Gasteiger partial charge on any atom is 0.180 e. The van der Waals surface area contributed by atoms with Crippen molar-refractivity contribution in [2.24, 2.45) is 15.7 Å². The lowest BCUT2D eigenvalue weighted by molar-refractivity contribution is 0.664. The third-order valence-corrected chi connectivity index (χ3v) is 4.09. The predicted octanol–water partition coefficient (Wildman–Crippen LogP) is 2.50. The van der Waals surface area contributed by atoms with Crippen molar-refractivity contribution >= 4 is 39.9 Å². The zero-order valence-electron chi connectivity index (χ0n) is 14.8. The van der Waals surface area contributed by atoms with E-state index in [0.29, 0.717) is 35.8 Å². The summed E-state index contributed by atoms with van der Waals surface area (Å²) in [6.07, 6.45) is 3.98. The molecule has 0 amide bonds. The molecule has 0 spiro atoms. The fourth-order valence-electron chi connectivity index (χ4n) is 2.79. The normalized spacial score (nSPS) is 12.4. The number of nitrogens with two attached hydrogens (primary N) is 1. The van der Waals surface area contributed by atoms with Gasteiger partial charge in [0, 0.05) is 31.3 Å². The van der Waals surface area contributed by atoms with Crippen LogP contribution in [0.15, 0.2) is 58.6 Å². The minimum Gasteiger partial charge on any atom is -0.387 e. The predicted molar refractivity (Wildman–Crippen MR) is 106 cm³/mol. The molecule has 0 radical (unpaired) electrons. The van der Waals surface area contributed by atoms with E-state index in [1.54, 1.807) is 30.2 Å². The van der Waals surface area contributed by atoms with Crippen molar-refractivity contribution in [2.45, 2.75) is 13.0 Å². The molecule has 0 bridgehead atoms. The highest BCUT2D eigenvalue weighted by atomic mass is 15.4. The van der Waals surface area contributed by atoms with Crippen LogP contribution in [-0.4, -0.2) is 44.1 Å². The minimum absolute atomic E-state index is 0.452. The van der Waals surface area contributed by atoms with Crippen LogP contribution in [0, 0.1) is 0 Å². The van der Waals surface area contributed by atoms with E-state index in [9.17, 15) is 0 Å². The van der Waals surface area contributed by atoms with Crippen molar-refractivity contribution in [3.63, 3.8) is 0 Å². The summed E-state index contributed by atoms with van der Waals surface area (Å²) < 4.78 is 1.76. The highest BCUT2D eigenvalue weighted by molar-refractivity contribution is 5.94. The van der Waals surface area contributed by atoms with Gasteiger partial charge in [0.1, 0.15) is 11.4 Å². The van der Waals surface area contributed by atoms with Gasteiger partial charge >= 0.3 is 0 Å². The quantitative estimate of drug-likeness (QED) is 0.436. The average molecular weight is 358 g/mol. The van der Waals surface area contributed by atoms with Crippen LogP contribution in [0.3, 0.4) is 0 Å². The van der Waals surface area contributed by atoms with Gasteiger partial charge in [-0.3, -0.25) is 4.98 Å². The molecular formula is C19H18N8. The second-order valence-electron chi connectivity index (χ2n) is 6.04. The van der Waals surface area contributed by atoms with Crippen molar-refractivity contribution in [2.75, 3.05) is 7.05 Å². The first-order valence-electron chi connectivity index (χ1n) is 8.50. The molecule has 0 atom stereocenters. The Bertz CT molecular complexity index is 1160. The second kappa shape index (κ2) is 7.28. The molecule has 3 aromatic heterocycles. The summed E-state index contributed by atoms with van der Waals surface area (Å²) in [5, 5.41) is 9.50. The molecule has 27 heavy (non-hydrogen) atoms. The Morgan fingerprint density at radius 3 is 2.96 bits per heavy atom. The zero-order valence-corrected chi connectivity index (χ0v) is 14.8. The summed E-state index contributed by atoms with van der Waals surface area (Å²) in [5.74, 6) is 0.976. The van der Waals surface area contributed by atoms with Gasteiger partial charge < -0.3 is 10.7 Å². The van der Waals surface area contributed by atoms with Crippen LogP contribution in [0.4, 0.5) is 5.82 Å². The van der Waals surface area contributed by atoms with Crippen molar-refractivity contribution in [3.8, 4) is 0 Å². The van der Waals surface area contributed by atoms with Gasteiger partial charge in [0.05, 0.1) is 12.1 Å². The first kappa shape index (κ1) is 16.8. The van der Waals surface area contributed by atoms with E-state index < -0.39 is 0 Å². The molecule has 134 valence electrons. The van der Waals surface area contributed by atoms with Crippen LogP contribution < -0.4 is 5.73 Å². The molecular weight excluding hydrogens is 340 g/mol. The lowest BCUT2D eigenvalue weighted by Gasteiger charge is -2.04. The third-order valence-electron chi connectivity index (χ3n) is 4.09. The average Bonchev–Trinajstić information content (AvgIpc) is 3.08. The van der Waals surface area contributed by atoms with E-state index in [4.69, 9.17) is 5.73 Å². The van der Waals surface area contributed by atoms with Crippen LogP contribution >= 0.6 is 0 Å². The number of aliphatic imine (C=N–C) groups is 2. The van der Waals surface area contributed by atoms with Gasteiger partial charge in [-0.25, -0.2) is 14.7 Å². The van der Waals surface area contributed by atoms with Crippen LogP contribution in [0.1, 0.15) is 12.0 Å². The van der Waals surface area contributed by atoms with Gasteiger partial charge in [0.15, 0.2) is 11.5 Å². The van der Waals surface area contributed by atoms with Crippen molar-refractivity contribution < 1.29 is 0 Å². The van der Waals surface area contributed by atoms with Crippen LogP contribution in [0.5, 0.6) is 0 Å². The molecule has 0 saturated carbocycles. The number of benzene rings is 1. The van der Waals surface area contributed by atoms with Crippen molar-refractivity contribution in [1.82, 2.24) is 25.0 Å². The molecule has 4 rings (SSSR count). The Morgan fingerprint density at radius 2 is 2.07 bits per heavy atom. The lowest BCUT2D eigenvalue weighted by atomic mass is 10.1. The van der Waals surface area contributed by atoms with Gasteiger partial charge in [-0.05, 0) is 35.9 Å². The maximum absolute atomic E-state index is 5.90. The second-order valence-corrected chi connectivity index (χ2v) is 6.04. The Morgan fingerprint density at radius 1 is 1.19 bits per heavy atom. The summed E-state index contributed by atoms with van der Waals surface area (Å²) >= 11 is 0. The fraction of sp³-hybridized carbons (Fsp3) is 0.158. The number of hydrogen-bond acceptors (Lipinski definition) is 6. The Labute approximate surface area is 155 Å². The van der Waals surface area contributed by atoms with Crippen molar-refractivity contribution in [1.29, 1.82) is 0 Å². The SMILES string of the molecule is CN=CCC(N)=Nc1ccc2nnn(Cc3ccc4ncccc4c3)c2n1. The molecule has 3 heterocycles. The fourth-order valence-corrected chi connectivity index (χ4v) is 2.79.